The maximum atomic E-state index is 12.3. The molecule has 0 unspecified atom stereocenters. The van der Waals surface area contributed by atoms with Gasteiger partial charge < -0.3 is 0 Å². The Bertz CT molecular complexity index is 428. The molecule has 19 heavy (non-hydrogen) atoms. The van der Waals surface area contributed by atoms with E-state index < -0.39 is 0 Å². The third-order valence-corrected chi connectivity index (χ3v) is 3.74. The quantitative estimate of drug-likeness (QED) is 0.695. The molecule has 2 rings (SSSR count). The van der Waals surface area contributed by atoms with Gasteiger partial charge in [0.2, 0.25) is 0 Å². The second-order valence-electron chi connectivity index (χ2n) is 5.82. The highest BCUT2D eigenvalue weighted by molar-refractivity contribution is 5.96. The van der Waals surface area contributed by atoms with Crippen LogP contribution in [0.3, 0.4) is 0 Å². The van der Waals surface area contributed by atoms with Crippen molar-refractivity contribution in [3.63, 3.8) is 0 Å². The van der Waals surface area contributed by atoms with Crippen molar-refractivity contribution in [1.29, 1.82) is 0 Å². The topological polar surface area (TPSA) is 20.3 Å². The van der Waals surface area contributed by atoms with Gasteiger partial charge >= 0.3 is 0 Å². The molecule has 104 valence electrons. The van der Waals surface area contributed by atoms with Gasteiger partial charge in [0.1, 0.15) is 0 Å². The van der Waals surface area contributed by atoms with E-state index in [1.165, 1.54) is 30.4 Å². The van der Waals surface area contributed by atoms with Crippen molar-refractivity contribution in [1.82, 2.24) is 4.90 Å². The number of carbonyl (C=O) groups excluding carboxylic acids is 1. The number of rotatable bonds is 7. The van der Waals surface area contributed by atoms with Crippen LogP contribution < -0.4 is 0 Å². The van der Waals surface area contributed by atoms with Gasteiger partial charge in [0.15, 0.2) is 5.78 Å². The van der Waals surface area contributed by atoms with Gasteiger partial charge in [-0.2, -0.15) is 0 Å². The third-order valence-electron chi connectivity index (χ3n) is 3.74. The Morgan fingerprint density at radius 3 is 2.32 bits per heavy atom. The predicted octanol–water partition coefficient (Wildman–Crippen LogP) is 3.75. The average molecular weight is 259 g/mol. The Hall–Kier alpha value is -1.15. The Labute approximate surface area is 116 Å². The molecule has 1 aromatic carbocycles. The van der Waals surface area contributed by atoms with Crippen LogP contribution in [0.15, 0.2) is 18.2 Å². The standard InChI is InChI=1S/C17H25NO/c1-4-8-18(16-5-6-16)9-7-17(19)15-11-13(2)10-14(3)12-15/h10-12,16H,4-9H2,1-3H3. The number of carbonyl (C=O) groups is 1. The molecule has 0 spiro atoms. The van der Waals surface area contributed by atoms with Gasteiger partial charge in [-0.05, 0) is 51.8 Å². The highest BCUT2D eigenvalue weighted by Crippen LogP contribution is 2.27. The number of hydrogen-bond acceptors (Lipinski definition) is 2. The van der Waals surface area contributed by atoms with Crippen molar-refractivity contribution in [2.24, 2.45) is 0 Å². The molecule has 0 radical (unpaired) electrons. The third kappa shape index (κ3) is 4.17. The largest absolute Gasteiger partial charge is 0.300 e. The normalized spacial score (nSPS) is 14.9. The van der Waals surface area contributed by atoms with Crippen molar-refractivity contribution >= 4 is 5.78 Å². The van der Waals surface area contributed by atoms with Crippen LogP contribution in [0, 0.1) is 13.8 Å². The summed E-state index contributed by atoms with van der Waals surface area (Å²) in [6.07, 6.45) is 4.46. The van der Waals surface area contributed by atoms with Crippen LogP contribution >= 0.6 is 0 Å². The molecule has 1 aliphatic rings. The highest BCUT2D eigenvalue weighted by Gasteiger charge is 2.28. The van der Waals surface area contributed by atoms with Gasteiger partial charge in [-0.25, -0.2) is 0 Å². The molecular formula is C17H25NO. The molecule has 0 saturated heterocycles. The number of nitrogens with zero attached hydrogens (tertiary/aromatic N) is 1. The summed E-state index contributed by atoms with van der Waals surface area (Å²) in [5.74, 6) is 0.286. The minimum atomic E-state index is 0.286. The van der Waals surface area contributed by atoms with Gasteiger partial charge in [0, 0.05) is 24.6 Å². The summed E-state index contributed by atoms with van der Waals surface area (Å²) in [4.78, 5) is 14.8. The second kappa shape index (κ2) is 6.33. The van der Waals surface area contributed by atoms with Crippen LogP contribution in [-0.2, 0) is 0 Å². The molecule has 0 N–H and O–H groups in total. The summed E-state index contributed by atoms with van der Waals surface area (Å²) in [5, 5.41) is 0. The van der Waals surface area contributed by atoms with E-state index in [1.807, 2.05) is 12.1 Å². The van der Waals surface area contributed by atoms with Crippen molar-refractivity contribution in [3.8, 4) is 0 Å². The lowest BCUT2D eigenvalue weighted by molar-refractivity contribution is 0.0962. The Morgan fingerprint density at radius 1 is 1.16 bits per heavy atom. The minimum absolute atomic E-state index is 0.286. The van der Waals surface area contributed by atoms with Crippen molar-refractivity contribution < 1.29 is 4.79 Å². The van der Waals surface area contributed by atoms with Crippen LogP contribution in [0.25, 0.3) is 0 Å². The van der Waals surface area contributed by atoms with E-state index in [4.69, 9.17) is 0 Å². The molecule has 0 bridgehead atoms. The first-order chi connectivity index (χ1) is 9.10. The summed E-state index contributed by atoms with van der Waals surface area (Å²) in [5.41, 5.74) is 3.23. The van der Waals surface area contributed by atoms with Crippen molar-refractivity contribution in [2.75, 3.05) is 13.1 Å². The molecule has 1 aromatic rings. The molecular weight excluding hydrogens is 234 g/mol. The smallest absolute Gasteiger partial charge is 0.164 e. The molecule has 1 fully saturated rings. The van der Waals surface area contributed by atoms with Gasteiger partial charge in [-0.1, -0.05) is 24.1 Å². The fourth-order valence-electron chi connectivity index (χ4n) is 2.73. The minimum Gasteiger partial charge on any atom is -0.300 e. The van der Waals surface area contributed by atoms with Crippen molar-refractivity contribution in [3.05, 3.63) is 34.9 Å². The lowest BCUT2D eigenvalue weighted by Gasteiger charge is -2.20. The van der Waals surface area contributed by atoms with Crippen LogP contribution in [-0.4, -0.2) is 29.8 Å². The Morgan fingerprint density at radius 2 is 1.79 bits per heavy atom. The molecule has 0 heterocycles. The van der Waals surface area contributed by atoms with E-state index >= 15 is 0 Å². The molecule has 2 heteroatoms. The summed E-state index contributed by atoms with van der Waals surface area (Å²) in [6, 6.07) is 6.89. The first-order valence-corrected chi connectivity index (χ1v) is 7.45. The molecule has 0 aliphatic heterocycles. The van der Waals surface area contributed by atoms with Crippen molar-refractivity contribution in [2.45, 2.75) is 52.5 Å². The monoisotopic (exact) mass is 259 g/mol. The molecule has 2 nitrogen and oxygen atoms in total. The van der Waals surface area contributed by atoms with Gasteiger partial charge in [0.05, 0.1) is 0 Å². The fourth-order valence-corrected chi connectivity index (χ4v) is 2.73. The number of ketones is 1. The zero-order chi connectivity index (χ0) is 13.8. The van der Waals surface area contributed by atoms with E-state index in [-0.39, 0.29) is 5.78 Å². The van der Waals surface area contributed by atoms with E-state index in [0.717, 1.165) is 24.7 Å². The number of hydrogen-bond donors (Lipinski definition) is 0. The second-order valence-corrected chi connectivity index (χ2v) is 5.82. The summed E-state index contributed by atoms with van der Waals surface area (Å²) < 4.78 is 0. The first kappa shape index (κ1) is 14.3. The molecule has 0 amide bonds. The zero-order valence-electron chi connectivity index (χ0n) is 12.4. The van der Waals surface area contributed by atoms with E-state index in [2.05, 4.69) is 31.7 Å². The number of benzene rings is 1. The Kier molecular flexibility index (Phi) is 4.76. The van der Waals surface area contributed by atoms with E-state index in [9.17, 15) is 4.79 Å². The van der Waals surface area contributed by atoms with Gasteiger partial charge in [-0.15, -0.1) is 0 Å². The first-order valence-electron chi connectivity index (χ1n) is 7.45. The van der Waals surface area contributed by atoms with Crippen LogP contribution in [0.1, 0.15) is 54.1 Å². The summed E-state index contributed by atoms with van der Waals surface area (Å²) in [6.45, 7) is 8.37. The lowest BCUT2D eigenvalue weighted by Crippen LogP contribution is -2.29. The average Bonchev–Trinajstić information content (AvgIpc) is 3.17. The SMILES string of the molecule is CCCN(CCC(=O)c1cc(C)cc(C)c1)C1CC1. The van der Waals surface area contributed by atoms with E-state index in [1.54, 1.807) is 0 Å². The number of Topliss-reactive ketones (excluding diaryl/α,β-unsaturated/α-hetero) is 1. The van der Waals surface area contributed by atoms with Gasteiger partial charge in [0.25, 0.3) is 0 Å². The maximum Gasteiger partial charge on any atom is 0.164 e. The summed E-state index contributed by atoms with van der Waals surface area (Å²) >= 11 is 0. The summed E-state index contributed by atoms with van der Waals surface area (Å²) in [7, 11) is 0. The van der Waals surface area contributed by atoms with Gasteiger partial charge in [-0.3, -0.25) is 9.69 Å². The van der Waals surface area contributed by atoms with Crippen LogP contribution in [0.4, 0.5) is 0 Å². The lowest BCUT2D eigenvalue weighted by atomic mass is 10.0. The Balaban J connectivity index is 1.92. The van der Waals surface area contributed by atoms with Crippen LogP contribution in [0.5, 0.6) is 0 Å². The maximum absolute atomic E-state index is 12.3. The fraction of sp³-hybridized carbons (Fsp3) is 0.588. The van der Waals surface area contributed by atoms with Crippen LogP contribution in [0.2, 0.25) is 0 Å². The predicted molar refractivity (Wildman–Crippen MR) is 79.7 cm³/mol. The number of aryl methyl sites for hydroxylation is 2. The highest BCUT2D eigenvalue weighted by atomic mass is 16.1. The molecule has 1 aliphatic carbocycles. The molecule has 1 saturated carbocycles. The van der Waals surface area contributed by atoms with E-state index in [0.29, 0.717) is 6.42 Å². The molecule has 0 atom stereocenters. The zero-order valence-corrected chi connectivity index (χ0v) is 12.4. The molecule has 0 aromatic heterocycles.